The molecule has 2 nitrogen and oxygen atoms in total. The molecule has 0 saturated carbocycles. The van der Waals surface area contributed by atoms with Crippen LogP contribution < -0.4 is 0 Å². The SMILES string of the molecule is CN1CC(=S)N(C)C1. The van der Waals surface area contributed by atoms with Gasteiger partial charge in [-0.25, -0.2) is 0 Å². The van der Waals surface area contributed by atoms with E-state index in [2.05, 4.69) is 16.8 Å². The van der Waals surface area contributed by atoms with Gasteiger partial charge in [-0.15, -0.1) is 0 Å². The summed E-state index contributed by atoms with van der Waals surface area (Å²) in [5, 5.41) is 0. The molecule has 8 heavy (non-hydrogen) atoms. The van der Waals surface area contributed by atoms with E-state index in [0.29, 0.717) is 0 Å². The summed E-state index contributed by atoms with van der Waals surface area (Å²) < 4.78 is 0. The molecule has 0 N–H and O–H groups in total. The Labute approximate surface area is 55.1 Å². The molecule has 0 aromatic rings. The van der Waals surface area contributed by atoms with Crippen LogP contribution >= 0.6 is 12.2 Å². The summed E-state index contributed by atoms with van der Waals surface area (Å²) in [5.74, 6) is 0. The van der Waals surface area contributed by atoms with Crippen LogP contribution in [-0.4, -0.2) is 42.1 Å². The first-order chi connectivity index (χ1) is 3.70. The van der Waals surface area contributed by atoms with E-state index >= 15 is 0 Å². The van der Waals surface area contributed by atoms with Crippen LogP contribution in [-0.2, 0) is 0 Å². The van der Waals surface area contributed by atoms with Gasteiger partial charge in [0.15, 0.2) is 0 Å². The van der Waals surface area contributed by atoms with Crippen molar-refractivity contribution < 1.29 is 0 Å². The molecule has 1 aliphatic rings. The molecule has 1 rings (SSSR count). The van der Waals surface area contributed by atoms with E-state index in [4.69, 9.17) is 12.2 Å². The van der Waals surface area contributed by atoms with Crippen LogP contribution in [0.4, 0.5) is 0 Å². The fourth-order valence-corrected chi connectivity index (χ4v) is 1.12. The monoisotopic (exact) mass is 130 g/mol. The lowest BCUT2D eigenvalue weighted by Crippen LogP contribution is -2.19. The number of thiocarbonyl (C=S) groups is 1. The second kappa shape index (κ2) is 1.99. The molecule has 1 aliphatic heterocycles. The van der Waals surface area contributed by atoms with Crippen LogP contribution in [0.15, 0.2) is 0 Å². The molecule has 0 atom stereocenters. The number of nitrogens with zero attached hydrogens (tertiary/aromatic N) is 2. The minimum atomic E-state index is 0.950. The zero-order chi connectivity index (χ0) is 6.15. The largest absolute Gasteiger partial charge is 0.355 e. The molecule has 0 aliphatic carbocycles. The highest BCUT2D eigenvalue weighted by Crippen LogP contribution is 2.00. The Morgan fingerprint density at radius 1 is 1.50 bits per heavy atom. The van der Waals surface area contributed by atoms with Crippen molar-refractivity contribution >= 4 is 17.2 Å². The van der Waals surface area contributed by atoms with Crippen LogP contribution in [0.25, 0.3) is 0 Å². The van der Waals surface area contributed by atoms with Gasteiger partial charge >= 0.3 is 0 Å². The van der Waals surface area contributed by atoms with Crippen molar-refractivity contribution in [3.8, 4) is 0 Å². The van der Waals surface area contributed by atoms with Crippen molar-refractivity contribution in [1.29, 1.82) is 0 Å². The first kappa shape index (κ1) is 5.98. The summed E-state index contributed by atoms with van der Waals surface area (Å²) in [6.07, 6.45) is 0. The summed E-state index contributed by atoms with van der Waals surface area (Å²) in [6, 6.07) is 0. The minimum absolute atomic E-state index is 0.950. The van der Waals surface area contributed by atoms with Crippen LogP contribution in [0.2, 0.25) is 0 Å². The van der Waals surface area contributed by atoms with E-state index < -0.39 is 0 Å². The zero-order valence-corrected chi connectivity index (χ0v) is 6.03. The average molecular weight is 130 g/mol. The topological polar surface area (TPSA) is 6.48 Å². The normalized spacial score (nSPS) is 22.8. The van der Waals surface area contributed by atoms with E-state index in [9.17, 15) is 0 Å². The summed E-state index contributed by atoms with van der Waals surface area (Å²) in [6.45, 7) is 1.94. The van der Waals surface area contributed by atoms with Gasteiger partial charge in [-0.3, -0.25) is 4.90 Å². The standard InChI is InChI=1S/C5H10N2S/c1-6-3-5(8)7(2)4-6/h3-4H2,1-2H3. The maximum absolute atomic E-state index is 5.00. The van der Waals surface area contributed by atoms with Crippen LogP contribution in [0.5, 0.6) is 0 Å². The molecule has 1 fully saturated rings. The van der Waals surface area contributed by atoms with Crippen LogP contribution in [0, 0.1) is 0 Å². The van der Waals surface area contributed by atoms with Gasteiger partial charge in [0.2, 0.25) is 0 Å². The molecule has 0 bridgehead atoms. The Bertz CT molecular complexity index is 113. The highest BCUT2D eigenvalue weighted by Gasteiger charge is 2.15. The minimum Gasteiger partial charge on any atom is -0.355 e. The van der Waals surface area contributed by atoms with Gasteiger partial charge in [0.05, 0.1) is 18.2 Å². The van der Waals surface area contributed by atoms with Gasteiger partial charge in [0.25, 0.3) is 0 Å². The van der Waals surface area contributed by atoms with Gasteiger partial charge in [-0.1, -0.05) is 12.2 Å². The molecule has 3 heteroatoms. The number of likely N-dealkylation sites (N-methyl/N-ethyl adjacent to an activating group) is 2. The molecule has 46 valence electrons. The van der Waals surface area contributed by atoms with Crippen molar-refractivity contribution in [3.63, 3.8) is 0 Å². The maximum Gasteiger partial charge on any atom is 0.0930 e. The maximum atomic E-state index is 5.00. The average Bonchev–Trinajstić information content (AvgIpc) is 1.85. The molecular weight excluding hydrogens is 120 g/mol. The van der Waals surface area contributed by atoms with E-state index in [1.807, 2.05) is 7.05 Å². The summed E-state index contributed by atoms with van der Waals surface area (Å²) in [4.78, 5) is 5.31. The predicted molar refractivity (Wildman–Crippen MR) is 37.9 cm³/mol. The Balaban J connectivity index is 2.51. The van der Waals surface area contributed by atoms with E-state index in [1.165, 1.54) is 0 Å². The molecule has 1 saturated heterocycles. The summed E-state index contributed by atoms with van der Waals surface area (Å²) in [7, 11) is 4.08. The third-order valence-corrected chi connectivity index (χ3v) is 1.73. The van der Waals surface area contributed by atoms with Crippen molar-refractivity contribution in [2.75, 3.05) is 27.3 Å². The second-order valence-electron chi connectivity index (χ2n) is 2.25. The molecule has 0 radical (unpaired) electrons. The fourth-order valence-electron chi connectivity index (χ4n) is 0.843. The number of rotatable bonds is 0. The van der Waals surface area contributed by atoms with Gasteiger partial charge in [-0.2, -0.15) is 0 Å². The Morgan fingerprint density at radius 3 is 2.25 bits per heavy atom. The zero-order valence-electron chi connectivity index (χ0n) is 5.22. The van der Waals surface area contributed by atoms with Crippen molar-refractivity contribution in [3.05, 3.63) is 0 Å². The lowest BCUT2D eigenvalue weighted by molar-refractivity contribution is 0.334. The third-order valence-electron chi connectivity index (χ3n) is 1.28. The van der Waals surface area contributed by atoms with Crippen LogP contribution in [0.1, 0.15) is 0 Å². The molecule has 0 amide bonds. The van der Waals surface area contributed by atoms with Crippen molar-refractivity contribution in [2.24, 2.45) is 0 Å². The lowest BCUT2D eigenvalue weighted by Gasteiger charge is -2.08. The predicted octanol–water partition coefficient (Wildman–Crippen LogP) is 0.149. The number of hydrogen-bond donors (Lipinski definition) is 0. The molecule has 0 unspecified atom stereocenters. The third kappa shape index (κ3) is 0.980. The molecule has 0 aromatic heterocycles. The highest BCUT2D eigenvalue weighted by atomic mass is 32.1. The Kier molecular flexibility index (Phi) is 1.49. The fraction of sp³-hybridized carbons (Fsp3) is 0.800. The summed E-state index contributed by atoms with van der Waals surface area (Å²) in [5.41, 5.74) is 0. The van der Waals surface area contributed by atoms with Gasteiger partial charge in [0.1, 0.15) is 0 Å². The van der Waals surface area contributed by atoms with Crippen molar-refractivity contribution in [1.82, 2.24) is 9.80 Å². The van der Waals surface area contributed by atoms with E-state index in [0.717, 1.165) is 18.2 Å². The van der Waals surface area contributed by atoms with Gasteiger partial charge < -0.3 is 4.90 Å². The van der Waals surface area contributed by atoms with E-state index in [-0.39, 0.29) is 0 Å². The number of hydrogen-bond acceptors (Lipinski definition) is 2. The molecule has 0 spiro atoms. The van der Waals surface area contributed by atoms with Gasteiger partial charge in [-0.05, 0) is 7.05 Å². The summed E-state index contributed by atoms with van der Waals surface area (Å²) >= 11 is 5.00. The Hall–Kier alpha value is -0.150. The van der Waals surface area contributed by atoms with E-state index in [1.54, 1.807) is 0 Å². The first-order valence-corrected chi connectivity index (χ1v) is 3.03. The highest BCUT2D eigenvalue weighted by molar-refractivity contribution is 7.80. The van der Waals surface area contributed by atoms with Gasteiger partial charge in [0, 0.05) is 7.05 Å². The lowest BCUT2D eigenvalue weighted by atomic mass is 10.6. The molecular formula is C5H10N2S. The smallest absolute Gasteiger partial charge is 0.0930 e. The van der Waals surface area contributed by atoms with Crippen LogP contribution in [0.3, 0.4) is 0 Å². The first-order valence-electron chi connectivity index (χ1n) is 2.62. The molecule has 0 aromatic carbocycles. The molecule has 1 heterocycles. The second-order valence-corrected chi connectivity index (χ2v) is 2.72. The van der Waals surface area contributed by atoms with Crippen molar-refractivity contribution in [2.45, 2.75) is 0 Å². The quantitative estimate of drug-likeness (QED) is 0.431. The Morgan fingerprint density at radius 2 is 2.12 bits per heavy atom.